The van der Waals surface area contributed by atoms with Crippen LogP contribution in [0.4, 0.5) is 0 Å². The van der Waals surface area contributed by atoms with Crippen LogP contribution in [0.5, 0.6) is 0 Å². The Morgan fingerprint density at radius 3 is 1.73 bits per heavy atom. The molecule has 3 heteroatoms. The number of hydrogen-bond donors (Lipinski definition) is 1. The molecule has 0 heterocycles. The van der Waals surface area contributed by atoms with Crippen LogP contribution in [-0.2, 0) is 4.43 Å². The van der Waals surface area contributed by atoms with E-state index in [1.165, 1.54) is 57.8 Å². The molecule has 0 aromatic rings. The lowest BCUT2D eigenvalue weighted by Crippen LogP contribution is -1.98. The van der Waals surface area contributed by atoms with E-state index in [1.54, 1.807) is 0 Å². The predicted molar refractivity (Wildman–Crippen MR) is 65.8 cm³/mol. The fourth-order valence-corrected chi connectivity index (χ4v) is 1.94. The highest BCUT2D eigenvalue weighted by Gasteiger charge is 1.92. The maximum absolute atomic E-state index is 8.42. The molecule has 90 valence electrons. The first kappa shape index (κ1) is 15.1. The third kappa shape index (κ3) is 14.1. The van der Waals surface area contributed by atoms with Gasteiger partial charge in [0.05, 0.1) is 0 Å². The summed E-state index contributed by atoms with van der Waals surface area (Å²) in [6.45, 7) is 2.99. The second kappa shape index (κ2) is 14.1. The van der Waals surface area contributed by atoms with E-state index in [2.05, 4.69) is 6.92 Å². The minimum atomic E-state index is -0.330. The van der Waals surface area contributed by atoms with Crippen LogP contribution in [0.15, 0.2) is 0 Å². The van der Waals surface area contributed by atoms with E-state index >= 15 is 0 Å². The van der Waals surface area contributed by atoms with Gasteiger partial charge in [0.2, 0.25) is 0 Å². The normalized spacial score (nSPS) is 10.8. The van der Waals surface area contributed by atoms with Gasteiger partial charge in [0, 0.05) is 6.61 Å². The average molecular weight is 230 g/mol. The first-order chi connectivity index (χ1) is 7.41. The smallest absolute Gasteiger partial charge is 0.409 e. The maximum atomic E-state index is 8.42. The van der Waals surface area contributed by atoms with Crippen LogP contribution < -0.4 is 0 Å². The van der Waals surface area contributed by atoms with Crippen molar-refractivity contribution >= 4 is 10.0 Å². The quantitative estimate of drug-likeness (QED) is 0.411. The van der Waals surface area contributed by atoms with Gasteiger partial charge in [-0.25, -0.2) is 0 Å². The summed E-state index contributed by atoms with van der Waals surface area (Å²) in [6.07, 6.45) is 13.4. The van der Waals surface area contributed by atoms with Gasteiger partial charge in [-0.1, -0.05) is 64.7 Å². The highest BCUT2D eigenvalue weighted by Crippen LogP contribution is 2.10. The minimum Gasteiger partial charge on any atom is -0.409 e. The van der Waals surface area contributed by atoms with Gasteiger partial charge in [0.15, 0.2) is 0 Å². The molecular formula is C12H26O2Si. The second-order valence-electron chi connectivity index (χ2n) is 4.12. The summed E-state index contributed by atoms with van der Waals surface area (Å²) in [5.41, 5.74) is 0. The SMILES string of the molecule is CCCCCCCCCCCCO[Si]O. The van der Waals surface area contributed by atoms with E-state index in [-0.39, 0.29) is 10.0 Å². The average Bonchev–Trinajstić information content (AvgIpc) is 2.26. The maximum Gasteiger partial charge on any atom is 0.430 e. The van der Waals surface area contributed by atoms with E-state index in [0.29, 0.717) is 0 Å². The van der Waals surface area contributed by atoms with Crippen molar-refractivity contribution in [1.29, 1.82) is 0 Å². The summed E-state index contributed by atoms with van der Waals surface area (Å²) in [4.78, 5) is 8.42. The van der Waals surface area contributed by atoms with Crippen LogP contribution in [0, 0.1) is 0 Å². The molecule has 2 radical (unpaired) electrons. The largest absolute Gasteiger partial charge is 0.430 e. The molecule has 0 rings (SSSR count). The lowest BCUT2D eigenvalue weighted by molar-refractivity contribution is 0.274. The molecule has 0 amide bonds. The predicted octanol–water partition coefficient (Wildman–Crippen LogP) is 3.45. The summed E-state index contributed by atoms with van der Waals surface area (Å²) in [5.74, 6) is 0. The van der Waals surface area contributed by atoms with Crippen molar-refractivity contribution in [2.45, 2.75) is 71.1 Å². The van der Waals surface area contributed by atoms with Gasteiger partial charge >= 0.3 is 10.0 Å². The van der Waals surface area contributed by atoms with E-state index < -0.39 is 0 Å². The summed E-state index contributed by atoms with van der Waals surface area (Å²) < 4.78 is 4.89. The molecule has 0 saturated carbocycles. The molecule has 1 N–H and O–H groups in total. The fourth-order valence-electron chi connectivity index (χ4n) is 1.71. The van der Waals surface area contributed by atoms with E-state index in [9.17, 15) is 0 Å². The number of hydrogen-bond acceptors (Lipinski definition) is 2. The van der Waals surface area contributed by atoms with E-state index in [1.807, 2.05) is 0 Å². The third-order valence-corrected chi connectivity index (χ3v) is 3.00. The molecule has 0 unspecified atom stereocenters. The van der Waals surface area contributed by atoms with Gasteiger partial charge < -0.3 is 9.22 Å². The highest BCUT2D eigenvalue weighted by molar-refractivity contribution is 6.15. The Labute approximate surface area is 97.5 Å². The Balaban J connectivity index is 2.81. The van der Waals surface area contributed by atoms with Crippen molar-refractivity contribution in [3.8, 4) is 0 Å². The van der Waals surface area contributed by atoms with Crippen molar-refractivity contribution < 1.29 is 9.22 Å². The number of rotatable bonds is 12. The molecule has 0 bridgehead atoms. The molecule has 0 spiro atoms. The molecule has 0 aromatic heterocycles. The Bertz CT molecular complexity index is 97.8. The van der Waals surface area contributed by atoms with Crippen molar-refractivity contribution in [2.24, 2.45) is 0 Å². The Hall–Kier alpha value is 0.137. The molecule has 0 aliphatic rings. The van der Waals surface area contributed by atoms with Gasteiger partial charge in [-0.3, -0.25) is 0 Å². The Kier molecular flexibility index (Phi) is 14.3. The van der Waals surface area contributed by atoms with Crippen molar-refractivity contribution in [2.75, 3.05) is 6.61 Å². The summed E-state index contributed by atoms with van der Waals surface area (Å²) in [7, 11) is -0.330. The van der Waals surface area contributed by atoms with Crippen LogP contribution >= 0.6 is 0 Å². The minimum absolute atomic E-state index is 0.330. The van der Waals surface area contributed by atoms with Gasteiger partial charge in [-0.05, 0) is 6.42 Å². The highest BCUT2D eigenvalue weighted by atomic mass is 28.2. The van der Waals surface area contributed by atoms with Crippen molar-refractivity contribution in [3.05, 3.63) is 0 Å². The van der Waals surface area contributed by atoms with Crippen LogP contribution in [-0.4, -0.2) is 21.4 Å². The molecule has 0 fully saturated rings. The van der Waals surface area contributed by atoms with Crippen LogP contribution in [0.2, 0.25) is 0 Å². The second-order valence-corrected chi connectivity index (χ2v) is 4.59. The van der Waals surface area contributed by atoms with Gasteiger partial charge in [-0.15, -0.1) is 0 Å². The molecule has 0 saturated heterocycles. The zero-order valence-electron chi connectivity index (χ0n) is 10.1. The van der Waals surface area contributed by atoms with Crippen LogP contribution in [0.25, 0.3) is 0 Å². The molecule has 0 atom stereocenters. The van der Waals surface area contributed by atoms with E-state index in [0.717, 1.165) is 13.0 Å². The first-order valence-corrected chi connectivity index (χ1v) is 7.28. The summed E-state index contributed by atoms with van der Waals surface area (Å²) in [5, 5.41) is 0. The van der Waals surface area contributed by atoms with Crippen LogP contribution in [0.3, 0.4) is 0 Å². The summed E-state index contributed by atoms with van der Waals surface area (Å²) >= 11 is 0. The van der Waals surface area contributed by atoms with Gasteiger partial charge in [-0.2, -0.15) is 0 Å². The molecule has 0 aliphatic carbocycles. The standard InChI is InChI=1S/C12H26O2Si/c1-2-3-4-5-6-7-8-9-10-11-12-14-15-13/h13H,2-12H2,1H3. The Morgan fingerprint density at radius 1 is 0.800 bits per heavy atom. The first-order valence-electron chi connectivity index (χ1n) is 6.42. The lowest BCUT2D eigenvalue weighted by Gasteiger charge is -2.02. The lowest BCUT2D eigenvalue weighted by atomic mass is 10.1. The molecule has 0 aliphatic heterocycles. The van der Waals surface area contributed by atoms with Gasteiger partial charge in [0.25, 0.3) is 0 Å². The van der Waals surface area contributed by atoms with Crippen LogP contribution in [0.1, 0.15) is 71.1 Å². The van der Waals surface area contributed by atoms with Crippen molar-refractivity contribution in [1.82, 2.24) is 0 Å². The molecule has 0 aromatic carbocycles. The molecule has 15 heavy (non-hydrogen) atoms. The number of unbranched alkanes of at least 4 members (excludes halogenated alkanes) is 9. The molecule has 2 nitrogen and oxygen atoms in total. The zero-order chi connectivity index (χ0) is 11.2. The van der Waals surface area contributed by atoms with Gasteiger partial charge in [0.1, 0.15) is 0 Å². The van der Waals surface area contributed by atoms with E-state index in [4.69, 9.17) is 9.22 Å². The monoisotopic (exact) mass is 230 g/mol. The van der Waals surface area contributed by atoms with Crippen molar-refractivity contribution in [3.63, 3.8) is 0 Å². The third-order valence-electron chi connectivity index (χ3n) is 2.66. The summed E-state index contributed by atoms with van der Waals surface area (Å²) in [6, 6.07) is 0. The Morgan fingerprint density at radius 2 is 1.27 bits per heavy atom. The fraction of sp³-hybridized carbons (Fsp3) is 1.00. The zero-order valence-corrected chi connectivity index (χ0v) is 11.1. The topological polar surface area (TPSA) is 29.5 Å². The molecular weight excluding hydrogens is 204 g/mol.